The average molecular weight is 284 g/mol. The summed E-state index contributed by atoms with van der Waals surface area (Å²) in [4.78, 5) is 26.9. The number of urea groups is 1. The molecule has 0 aromatic rings. The molecule has 0 bridgehead atoms. The van der Waals surface area contributed by atoms with Gasteiger partial charge in [0.15, 0.2) is 0 Å². The molecule has 0 aliphatic carbocycles. The molecule has 5 heteroatoms. The van der Waals surface area contributed by atoms with Crippen LogP contribution in [0.3, 0.4) is 0 Å². The van der Waals surface area contributed by atoms with Gasteiger partial charge in [0, 0.05) is 26.2 Å². The van der Waals surface area contributed by atoms with E-state index in [1.165, 1.54) is 0 Å². The highest BCUT2D eigenvalue weighted by Gasteiger charge is 2.28. The standard InChI is InChI=1S/C15H28N2O3/c1-5-16(10-12(4)14(18)19)15(20)17-8-6-13(7-9-17)11(2)3/h11-13H,5-10H2,1-4H3,(H,18,19). The fourth-order valence-electron chi connectivity index (χ4n) is 2.71. The summed E-state index contributed by atoms with van der Waals surface area (Å²) in [7, 11) is 0. The Morgan fingerprint density at radius 2 is 1.80 bits per heavy atom. The van der Waals surface area contributed by atoms with E-state index in [0.29, 0.717) is 18.4 Å². The van der Waals surface area contributed by atoms with Gasteiger partial charge in [0.25, 0.3) is 0 Å². The van der Waals surface area contributed by atoms with Crippen molar-refractivity contribution in [1.29, 1.82) is 0 Å². The van der Waals surface area contributed by atoms with Crippen LogP contribution in [0.4, 0.5) is 4.79 Å². The van der Waals surface area contributed by atoms with Crippen LogP contribution in [0.25, 0.3) is 0 Å². The van der Waals surface area contributed by atoms with Crippen molar-refractivity contribution in [2.45, 2.75) is 40.5 Å². The molecule has 1 unspecified atom stereocenters. The molecule has 2 amide bonds. The van der Waals surface area contributed by atoms with Gasteiger partial charge in [0.05, 0.1) is 5.92 Å². The van der Waals surface area contributed by atoms with E-state index in [1.54, 1.807) is 11.8 Å². The molecule has 1 aliphatic heterocycles. The third-order valence-corrected chi connectivity index (χ3v) is 4.32. The summed E-state index contributed by atoms with van der Waals surface area (Å²) in [6.07, 6.45) is 2.10. The molecule has 1 saturated heterocycles. The Morgan fingerprint density at radius 3 is 2.20 bits per heavy atom. The topological polar surface area (TPSA) is 60.9 Å². The van der Waals surface area contributed by atoms with Gasteiger partial charge in [-0.2, -0.15) is 0 Å². The smallest absolute Gasteiger partial charge is 0.320 e. The highest BCUT2D eigenvalue weighted by molar-refractivity contribution is 5.76. The molecular formula is C15H28N2O3. The summed E-state index contributed by atoms with van der Waals surface area (Å²) in [5, 5.41) is 8.96. The van der Waals surface area contributed by atoms with Crippen molar-refractivity contribution in [1.82, 2.24) is 9.80 Å². The molecule has 1 aliphatic rings. The summed E-state index contributed by atoms with van der Waals surface area (Å²) in [5.41, 5.74) is 0. The van der Waals surface area contributed by atoms with Crippen LogP contribution in [-0.2, 0) is 4.79 Å². The Labute approximate surface area is 121 Å². The molecule has 20 heavy (non-hydrogen) atoms. The number of hydrogen-bond donors (Lipinski definition) is 1. The second-order valence-electron chi connectivity index (χ2n) is 6.13. The van der Waals surface area contributed by atoms with Crippen molar-refractivity contribution in [2.24, 2.45) is 17.8 Å². The first-order valence-electron chi connectivity index (χ1n) is 7.63. The minimum absolute atomic E-state index is 0.0113. The van der Waals surface area contributed by atoms with Crippen LogP contribution >= 0.6 is 0 Å². The lowest BCUT2D eigenvalue weighted by molar-refractivity contribution is -0.141. The molecule has 1 fully saturated rings. The summed E-state index contributed by atoms with van der Waals surface area (Å²) in [6, 6.07) is -0.0113. The van der Waals surface area contributed by atoms with E-state index in [9.17, 15) is 9.59 Å². The largest absolute Gasteiger partial charge is 0.481 e. The maximum atomic E-state index is 12.4. The van der Waals surface area contributed by atoms with Gasteiger partial charge < -0.3 is 14.9 Å². The number of carboxylic acids is 1. The zero-order chi connectivity index (χ0) is 15.3. The number of rotatable bonds is 5. The molecule has 0 saturated carbocycles. The summed E-state index contributed by atoms with van der Waals surface area (Å²) >= 11 is 0. The van der Waals surface area contributed by atoms with Gasteiger partial charge >= 0.3 is 12.0 Å². The predicted octanol–water partition coefficient (Wildman–Crippen LogP) is 2.52. The molecule has 5 nitrogen and oxygen atoms in total. The third kappa shape index (κ3) is 4.39. The highest BCUT2D eigenvalue weighted by Crippen LogP contribution is 2.25. The van der Waals surface area contributed by atoms with Crippen molar-refractivity contribution in [3.63, 3.8) is 0 Å². The first-order valence-corrected chi connectivity index (χ1v) is 7.63. The van der Waals surface area contributed by atoms with Crippen LogP contribution in [0.5, 0.6) is 0 Å². The van der Waals surface area contributed by atoms with Crippen LogP contribution in [-0.4, -0.2) is 53.1 Å². The van der Waals surface area contributed by atoms with Crippen molar-refractivity contribution in [2.75, 3.05) is 26.2 Å². The fraction of sp³-hybridized carbons (Fsp3) is 0.867. The number of piperidine rings is 1. The van der Waals surface area contributed by atoms with E-state index < -0.39 is 11.9 Å². The first-order chi connectivity index (χ1) is 9.36. The molecule has 1 N–H and O–H groups in total. The van der Waals surface area contributed by atoms with Crippen LogP contribution < -0.4 is 0 Å². The number of amides is 2. The predicted molar refractivity (Wildman–Crippen MR) is 78.6 cm³/mol. The second-order valence-corrected chi connectivity index (χ2v) is 6.13. The summed E-state index contributed by atoms with van der Waals surface area (Å²) in [5.74, 6) is -0.00417. The molecule has 1 rings (SSSR count). The monoisotopic (exact) mass is 284 g/mol. The van der Waals surface area contributed by atoms with E-state index in [4.69, 9.17) is 5.11 Å². The Morgan fingerprint density at radius 1 is 1.25 bits per heavy atom. The maximum Gasteiger partial charge on any atom is 0.320 e. The van der Waals surface area contributed by atoms with Gasteiger partial charge in [0.1, 0.15) is 0 Å². The van der Waals surface area contributed by atoms with Crippen molar-refractivity contribution < 1.29 is 14.7 Å². The van der Waals surface area contributed by atoms with Crippen molar-refractivity contribution >= 4 is 12.0 Å². The Hall–Kier alpha value is -1.26. The molecule has 0 aromatic carbocycles. The van der Waals surface area contributed by atoms with Crippen LogP contribution in [0.1, 0.15) is 40.5 Å². The lowest BCUT2D eigenvalue weighted by Crippen LogP contribution is -2.48. The number of carbonyl (C=O) groups is 2. The van der Waals surface area contributed by atoms with Crippen molar-refractivity contribution in [3.05, 3.63) is 0 Å². The number of carboxylic acid groups (broad SMARTS) is 1. The van der Waals surface area contributed by atoms with Gasteiger partial charge in [-0.3, -0.25) is 4.79 Å². The zero-order valence-corrected chi connectivity index (χ0v) is 13.1. The average Bonchev–Trinajstić information content (AvgIpc) is 2.43. The SMILES string of the molecule is CCN(CC(C)C(=O)O)C(=O)N1CCC(C(C)C)CC1. The van der Waals surface area contributed by atoms with Crippen LogP contribution in [0.15, 0.2) is 0 Å². The number of carbonyl (C=O) groups excluding carboxylic acids is 1. The highest BCUT2D eigenvalue weighted by atomic mass is 16.4. The number of aliphatic carboxylic acids is 1. The summed E-state index contributed by atoms with van der Waals surface area (Å²) < 4.78 is 0. The third-order valence-electron chi connectivity index (χ3n) is 4.32. The lowest BCUT2D eigenvalue weighted by Gasteiger charge is -2.37. The molecule has 1 atom stereocenters. The molecule has 0 radical (unpaired) electrons. The molecule has 1 heterocycles. The maximum absolute atomic E-state index is 12.4. The van der Waals surface area contributed by atoms with E-state index in [-0.39, 0.29) is 12.6 Å². The molecule has 116 valence electrons. The second kappa shape index (κ2) is 7.50. The fourth-order valence-corrected chi connectivity index (χ4v) is 2.71. The minimum Gasteiger partial charge on any atom is -0.481 e. The van der Waals surface area contributed by atoms with Crippen LogP contribution in [0, 0.1) is 17.8 Å². The van der Waals surface area contributed by atoms with Crippen molar-refractivity contribution in [3.8, 4) is 0 Å². The number of likely N-dealkylation sites (tertiary alicyclic amines) is 1. The normalized spacial score (nSPS) is 18.1. The van der Waals surface area contributed by atoms with Crippen LogP contribution in [0.2, 0.25) is 0 Å². The van der Waals surface area contributed by atoms with Gasteiger partial charge in [-0.05, 0) is 31.6 Å². The molecule has 0 spiro atoms. The zero-order valence-electron chi connectivity index (χ0n) is 13.1. The Balaban J connectivity index is 2.53. The van der Waals surface area contributed by atoms with Gasteiger partial charge in [-0.1, -0.05) is 20.8 Å². The number of hydrogen-bond acceptors (Lipinski definition) is 2. The minimum atomic E-state index is -0.852. The quantitative estimate of drug-likeness (QED) is 0.844. The molecule has 0 aromatic heterocycles. The van der Waals surface area contributed by atoms with E-state index in [2.05, 4.69) is 13.8 Å². The first kappa shape index (κ1) is 16.8. The Kier molecular flexibility index (Phi) is 6.30. The molecular weight excluding hydrogens is 256 g/mol. The van der Waals surface area contributed by atoms with E-state index >= 15 is 0 Å². The lowest BCUT2D eigenvalue weighted by atomic mass is 9.87. The van der Waals surface area contributed by atoms with E-state index in [1.807, 2.05) is 11.8 Å². The Bertz CT molecular complexity index is 336. The van der Waals surface area contributed by atoms with E-state index in [0.717, 1.165) is 25.9 Å². The number of nitrogens with zero attached hydrogens (tertiary/aromatic N) is 2. The summed E-state index contributed by atoms with van der Waals surface area (Å²) in [6.45, 7) is 10.4. The van der Waals surface area contributed by atoms with Gasteiger partial charge in [0.2, 0.25) is 0 Å². The van der Waals surface area contributed by atoms with Gasteiger partial charge in [-0.15, -0.1) is 0 Å². The van der Waals surface area contributed by atoms with Gasteiger partial charge in [-0.25, -0.2) is 4.79 Å².